The number of carbonyl (C=O) groups is 1. The molecule has 0 bridgehead atoms. The smallest absolute Gasteiger partial charge is 0.163 e. The second kappa shape index (κ2) is 8.77. The van der Waals surface area contributed by atoms with Gasteiger partial charge in [-0.25, -0.2) is 0 Å². The van der Waals surface area contributed by atoms with Gasteiger partial charge in [-0.15, -0.1) is 5.73 Å². The van der Waals surface area contributed by atoms with Crippen molar-refractivity contribution in [1.29, 1.82) is 0 Å². The number of hydrogen-bond acceptors (Lipinski definition) is 1. The van der Waals surface area contributed by atoms with Crippen molar-refractivity contribution in [1.82, 2.24) is 0 Å². The van der Waals surface area contributed by atoms with Gasteiger partial charge in [0.25, 0.3) is 0 Å². The third-order valence-electron chi connectivity index (χ3n) is 2.27. The maximum Gasteiger partial charge on any atom is 0.163 e. The molecule has 1 heteroatoms. The van der Waals surface area contributed by atoms with Gasteiger partial charge in [0.1, 0.15) is 0 Å². The third-order valence-corrected chi connectivity index (χ3v) is 2.27. The van der Waals surface area contributed by atoms with Gasteiger partial charge in [-0.2, -0.15) is 0 Å². The van der Waals surface area contributed by atoms with Crippen molar-refractivity contribution in [3.63, 3.8) is 0 Å². The summed E-state index contributed by atoms with van der Waals surface area (Å²) in [5, 5.41) is 0. The molecule has 0 amide bonds. The first kappa shape index (κ1) is 13.2. The Kier molecular flexibility index (Phi) is 8.27. The molecule has 0 radical (unpaired) electrons. The van der Waals surface area contributed by atoms with Crippen molar-refractivity contribution >= 4 is 5.78 Å². The van der Waals surface area contributed by atoms with Crippen LogP contribution in [-0.2, 0) is 4.79 Å². The molecule has 0 saturated carbocycles. The van der Waals surface area contributed by atoms with Gasteiger partial charge in [-0.1, -0.05) is 32.6 Å². The fourth-order valence-electron chi connectivity index (χ4n) is 1.43. The van der Waals surface area contributed by atoms with E-state index in [2.05, 4.69) is 12.7 Å². The van der Waals surface area contributed by atoms with E-state index in [0.29, 0.717) is 0 Å². The lowest BCUT2D eigenvalue weighted by molar-refractivity contribution is -0.113. The van der Waals surface area contributed by atoms with Crippen LogP contribution in [0.2, 0.25) is 0 Å². The summed E-state index contributed by atoms with van der Waals surface area (Å²) in [5.41, 5.74) is 3.87. The maximum atomic E-state index is 11.1. The topological polar surface area (TPSA) is 17.1 Å². The zero-order valence-corrected chi connectivity index (χ0v) is 9.73. The Hall–Kier alpha value is -0.810. The summed E-state index contributed by atoms with van der Waals surface area (Å²) in [5.74, 6) is 0.165. The Labute approximate surface area is 87.9 Å². The number of Topliss-reactive ketones (excluding diaryl/α,β-unsaturated/α-hetero) is 1. The Morgan fingerprint density at radius 1 is 1.21 bits per heavy atom. The minimum absolute atomic E-state index is 0.165. The molecule has 0 saturated heterocycles. The fraction of sp³-hybridized carbons (Fsp3) is 0.692. The van der Waals surface area contributed by atoms with Crippen LogP contribution in [0.25, 0.3) is 0 Å². The summed E-state index contributed by atoms with van der Waals surface area (Å²) in [7, 11) is 0. The molecular weight excluding hydrogens is 172 g/mol. The minimum atomic E-state index is 0.165. The van der Waals surface area contributed by atoms with Gasteiger partial charge in [0.2, 0.25) is 0 Å². The Morgan fingerprint density at radius 2 is 1.86 bits per heavy atom. The first-order chi connectivity index (χ1) is 6.72. The third kappa shape index (κ3) is 6.68. The van der Waals surface area contributed by atoms with Crippen LogP contribution < -0.4 is 0 Å². The second-order valence-corrected chi connectivity index (χ2v) is 3.63. The average Bonchev–Trinajstić information content (AvgIpc) is 2.15. The largest absolute Gasteiger partial charge is 0.294 e. The van der Waals surface area contributed by atoms with E-state index in [0.717, 1.165) is 18.4 Å². The molecule has 0 rings (SSSR count). The van der Waals surface area contributed by atoms with Crippen molar-refractivity contribution in [3.8, 4) is 0 Å². The van der Waals surface area contributed by atoms with E-state index in [9.17, 15) is 4.79 Å². The first-order valence-corrected chi connectivity index (χ1v) is 5.63. The minimum Gasteiger partial charge on any atom is -0.294 e. The van der Waals surface area contributed by atoms with Crippen molar-refractivity contribution in [3.05, 3.63) is 17.4 Å². The Balaban J connectivity index is 3.74. The Bertz CT molecular complexity index is 219. The molecule has 0 aliphatic heterocycles. The van der Waals surface area contributed by atoms with Gasteiger partial charge in [-0.05, 0) is 32.8 Å². The van der Waals surface area contributed by atoms with Crippen molar-refractivity contribution in [2.45, 2.75) is 59.3 Å². The SMILES string of the molecule is CC=C=C(CCCCCCC)C(C)=O. The molecule has 0 N–H and O–H groups in total. The van der Waals surface area contributed by atoms with Crippen LogP contribution in [0.1, 0.15) is 59.3 Å². The molecule has 80 valence electrons. The number of ketones is 1. The number of carbonyl (C=O) groups excluding carboxylic acids is 1. The van der Waals surface area contributed by atoms with Gasteiger partial charge in [0, 0.05) is 5.57 Å². The molecule has 0 spiro atoms. The molecule has 0 aromatic carbocycles. The standard InChI is InChI=1S/C13H22O/c1-4-6-7-8-9-11-13(10-5-2)12(3)14/h5H,4,6-9,11H2,1-3H3. The zero-order chi connectivity index (χ0) is 10.8. The van der Waals surface area contributed by atoms with Crippen LogP contribution in [0.3, 0.4) is 0 Å². The number of allylic oxidation sites excluding steroid dienone is 1. The molecule has 0 unspecified atom stereocenters. The highest BCUT2D eigenvalue weighted by molar-refractivity contribution is 5.92. The van der Waals surface area contributed by atoms with Crippen molar-refractivity contribution in [2.24, 2.45) is 0 Å². The molecule has 14 heavy (non-hydrogen) atoms. The van der Waals surface area contributed by atoms with Crippen molar-refractivity contribution < 1.29 is 4.79 Å². The lowest BCUT2D eigenvalue weighted by atomic mass is 10.0. The van der Waals surface area contributed by atoms with Crippen LogP contribution in [0.15, 0.2) is 17.4 Å². The van der Waals surface area contributed by atoms with Crippen LogP contribution in [0.5, 0.6) is 0 Å². The summed E-state index contributed by atoms with van der Waals surface area (Å²) in [6.07, 6.45) is 8.93. The van der Waals surface area contributed by atoms with E-state index < -0.39 is 0 Å². The van der Waals surface area contributed by atoms with Gasteiger partial charge >= 0.3 is 0 Å². The van der Waals surface area contributed by atoms with Crippen LogP contribution in [-0.4, -0.2) is 5.78 Å². The fourth-order valence-corrected chi connectivity index (χ4v) is 1.43. The normalized spacial score (nSPS) is 9.36. The molecule has 0 fully saturated rings. The first-order valence-electron chi connectivity index (χ1n) is 5.63. The van der Waals surface area contributed by atoms with Crippen LogP contribution in [0, 0.1) is 0 Å². The van der Waals surface area contributed by atoms with E-state index >= 15 is 0 Å². The maximum absolute atomic E-state index is 11.1. The molecule has 0 aliphatic rings. The predicted octanol–water partition coefficient (Wildman–Crippen LogP) is 4.04. The zero-order valence-electron chi connectivity index (χ0n) is 9.73. The number of unbranched alkanes of at least 4 members (excludes halogenated alkanes) is 4. The molecule has 0 aromatic rings. The van der Waals surface area contributed by atoms with Gasteiger partial charge in [0.05, 0.1) is 0 Å². The predicted molar refractivity (Wildman–Crippen MR) is 61.3 cm³/mol. The van der Waals surface area contributed by atoms with E-state index in [-0.39, 0.29) is 5.78 Å². The van der Waals surface area contributed by atoms with Crippen LogP contribution >= 0.6 is 0 Å². The lowest BCUT2D eigenvalue weighted by Gasteiger charge is -2.00. The summed E-state index contributed by atoms with van der Waals surface area (Å²) in [6.45, 7) is 5.73. The highest BCUT2D eigenvalue weighted by atomic mass is 16.1. The molecule has 1 nitrogen and oxygen atoms in total. The number of rotatable bonds is 7. The molecular formula is C13H22O. The summed E-state index contributed by atoms with van der Waals surface area (Å²) in [6, 6.07) is 0. The quantitative estimate of drug-likeness (QED) is 0.339. The van der Waals surface area contributed by atoms with Crippen LogP contribution in [0.4, 0.5) is 0 Å². The summed E-state index contributed by atoms with van der Waals surface area (Å²) < 4.78 is 0. The lowest BCUT2D eigenvalue weighted by Crippen LogP contribution is -1.95. The van der Waals surface area contributed by atoms with E-state index in [1.165, 1.54) is 25.7 Å². The van der Waals surface area contributed by atoms with E-state index in [1.807, 2.05) is 13.0 Å². The molecule has 0 aromatic heterocycles. The van der Waals surface area contributed by atoms with Gasteiger partial charge < -0.3 is 0 Å². The van der Waals surface area contributed by atoms with Gasteiger partial charge in [-0.3, -0.25) is 4.79 Å². The van der Waals surface area contributed by atoms with E-state index in [1.54, 1.807) is 6.92 Å². The van der Waals surface area contributed by atoms with E-state index in [4.69, 9.17) is 0 Å². The van der Waals surface area contributed by atoms with Gasteiger partial charge in [0.15, 0.2) is 5.78 Å². The summed E-state index contributed by atoms with van der Waals surface area (Å²) >= 11 is 0. The highest BCUT2D eigenvalue weighted by Gasteiger charge is 2.01. The molecule has 0 atom stereocenters. The second-order valence-electron chi connectivity index (χ2n) is 3.63. The van der Waals surface area contributed by atoms with Crippen molar-refractivity contribution in [2.75, 3.05) is 0 Å². The molecule has 0 aliphatic carbocycles. The summed E-state index contributed by atoms with van der Waals surface area (Å²) in [4.78, 5) is 11.1. The molecule has 0 heterocycles. The number of hydrogen-bond donors (Lipinski definition) is 0. The Morgan fingerprint density at radius 3 is 2.36 bits per heavy atom. The monoisotopic (exact) mass is 194 g/mol. The highest BCUT2D eigenvalue weighted by Crippen LogP contribution is 2.10. The average molecular weight is 194 g/mol.